The summed E-state index contributed by atoms with van der Waals surface area (Å²) in [5.74, 6) is 0.483. The van der Waals surface area contributed by atoms with Crippen LogP contribution >= 0.6 is 0 Å². The maximum atomic E-state index is 11.3. The highest BCUT2D eigenvalue weighted by atomic mass is 16.6. The molecule has 0 unspecified atom stereocenters. The molecule has 3 aromatic rings. The molecule has 132 valence electrons. The standard InChI is InChI=1S/C20H19N3O3/c1-2-15-8-10-17(11-9-15)21-20-18(23(24)25)12-13-19(22-20)26-14-16-6-4-3-5-7-16/h3-13H,2,14H2,1H3,(H,21,22). The maximum Gasteiger partial charge on any atom is 0.311 e. The van der Waals surface area contributed by atoms with Crippen molar-refractivity contribution in [3.8, 4) is 5.88 Å². The molecule has 0 saturated heterocycles. The van der Waals surface area contributed by atoms with Crippen molar-refractivity contribution in [2.24, 2.45) is 0 Å². The van der Waals surface area contributed by atoms with E-state index in [1.807, 2.05) is 54.6 Å². The van der Waals surface area contributed by atoms with Gasteiger partial charge in [0, 0.05) is 17.8 Å². The number of pyridine rings is 1. The van der Waals surface area contributed by atoms with Crippen LogP contribution in [0.1, 0.15) is 18.1 Å². The first kappa shape index (κ1) is 17.4. The van der Waals surface area contributed by atoms with Crippen molar-refractivity contribution >= 4 is 17.2 Å². The molecule has 0 aliphatic heterocycles. The van der Waals surface area contributed by atoms with E-state index in [2.05, 4.69) is 17.2 Å². The van der Waals surface area contributed by atoms with Crippen molar-refractivity contribution in [1.29, 1.82) is 0 Å². The van der Waals surface area contributed by atoms with Gasteiger partial charge < -0.3 is 10.1 Å². The zero-order valence-corrected chi connectivity index (χ0v) is 14.4. The average Bonchev–Trinajstić information content (AvgIpc) is 2.68. The number of nitrogens with zero attached hydrogens (tertiary/aromatic N) is 2. The second kappa shape index (κ2) is 8.11. The highest BCUT2D eigenvalue weighted by Gasteiger charge is 2.17. The third-order valence-corrected chi connectivity index (χ3v) is 3.90. The van der Waals surface area contributed by atoms with E-state index in [1.165, 1.54) is 17.7 Å². The number of anilines is 2. The Hall–Kier alpha value is -3.41. The van der Waals surface area contributed by atoms with E-state index in [0.29, 0.717) is 12.5 Å². The Labute approximate surface area is 151 Å². The van der Waals surface area contributed by atoms with E-state index in [9.17, 15) is 10.1 Å². The van der Waals surface area contributed by atoms with Crippen molar-refractivity contribution in [1.82, 2.24) is 4.98 Å². The zero-order chi connectivity index (χ0) is 18.4. The largest absolute Gasteiger partial charge is 0.473 e. The quantitative estimate of drug-likeness (QED) is 0.486. The highest BCUT2D eigenvalue weighted by Crippen LogP contribution is 2.28. The summed E-state index contributed by atoms with van der Waals surface area (Å²) in [5.41, 5.74) is 2.82. The fourth-order valence-corrected chi connectivity index (χ4v) is 2.45. The monoisotopic (exact) mass is 349 g/mol. The van der Waals surface area contributed by atoms with Crippen LogP contribution in [0.25, 0.3) is 0 Å². The predicted molar refractivity (Wildman–Crippen MR) is 101 cm³/mol. The van der Waals surface area contributed by atoms with Crippen molar-refractivity contribution < 1.29 is 9.66 Å². The Morgan fingerprint density at radius 1 is 1.00 bits per heavy atom. The summed E-state index contributed by atoms with van der Waals surface area (Å²) in [4.78, 5) is 15.1. The van der Waals surface area contributed by atoms with E-state index in [4.69, 9.17) is 4.74 Å². The molecule has 6 nitrogen and oxygen atoms in total. The van der Waals surface area contributed by atoms with Crippen LogP contribution in [-0.2, 0) is 13.0 Å². The molecule has 0 aliphatic carbocycles. The molecular formula is C20H19N3O3. The minimum atomic E-state index is -0.462. The minimum Gasteiger partial charge on any atom is -0.473 e. The van der Waals surface area contributed by atoms with Crippen molar-refractivity contribution in [2.75, 3.05) is 5.32 Å². The summed E-state index contributed by atoms with van der Waals surface area (Å²) in [6.45, 7) is 2.42. The number of nitro groups is 1. The molecule has 1 heterocycles. The normalized spacial score (nSPS) is 10.3. The van der Waals surface area contributed by atoms with Crippen LogP contribution in [0.2, 0.25) is 0 Å². The molecule has 0 spiro atoms. The molecule has 0 fully saturated rings. The molecule has 0 radical (unpaired) electrons. The van der Waals surface area contributed by atoms with Gasteiger partial charge in [-0.25, -0.2) is 0 Å². The van der Waals surface area contributed by atoms with Gasteiger partial charge in [-0.2, -0.15) is 4.98 Å². The first-order valence-electron chi connectivity index (χ1n) is 8.34. The lowest BCUT2D eigenvalue weighted by Gasteiger charge is -2.10. The minimum absolute atomic E-state index is 0.100. The lowest BCUT2D eigenvalue weighted by molar-refractivity contribution is -0.384. The van der Waals surface area contributed by atoms with E-state index < -0.39 is 4.92 Å². The molecule has 3 rings (SSSR count). The predicted octanol–water partition coefficient (Wildman–Crippen LogP) is 4.87. The number of aryl methyl sites for hydroxylation is 1. The van der Waals surface area contributed by atoms with E-state index >= 15 is 0 Å². The van der Waals surface area contributed by atoms with Crippen molar-refractivity contribution in [3.05, 3.63) is 88.0 Å². The molecule has 2 aromatic carbocycles. The van der Waals surface area contributed by atoms with Crippen LogP contribution in [0.4, 0.5) is 17.2 Å². The fourth-order valence-electron chi connectivity index (χ4n) is 2.45. The van der Waals surface area contributed by atoms with Gasteiger partial charge in [-0.1, -0.05) is 49.4 Å². The van der Waals surface area contributed by atoms with Gasteiger partial charge in [0.1, 0.15) is 6.61 Å². The number of benzene rings is 2. The topological polar surface area (TPSA) is 77.3 Å². The van der Waals surface area contributed by atoms with Crippen LogP contribution in [-0.4, -0.2) is 9.91 Å². The smallest absolute Gasteiger partial charge is 0.311 e. The Morgan fingerprint density at radius 3 is 2.38 bits per heavy atom. The van der Waals surface area contributed by atoms with Crippen LogP contribution in [0.3, 0.4) is 0 Å². The first-order chi connectivity index (χ1) is 12.7. The Morgan fingerprint density at radius 2 is 1.73 bits per heavy atom. The van der Waals surface area contributed by atoms with Crippen LogP contribution in [0, 0.1) is 10.1 Å². The molecule has 1 aromatic heterocycles. The highest BCUT2D eigenvalue weighted by molar-refractivity contribution is 5.66. The molecule has 26 heavy (non-hydrogen) atoms. The van der Waals surface area contributed by atoms with Crippen molar-refractivity contribution in [3.63, 3.8) is 0 Å². The third-order valence-electron chi connectivity index (χ3n) is 3.90. The maximum absolute atomic E-state index is 11.3. The van der Waals surface area contributed by atoms with Gasteiger partial charge in [0.05, 0.1) is 4.92 Å². The van der Waals surface area contributed by atoms with Gasteiger partial charge in [-0.15, -0.1) is 0 Å². The summed E-state index contributed by atoms with van der Waals surface area (Å²) in [6.07, 6.45) is 0.932. The number of aromatic nitrogens is 1. The molecule has 6 heteroatoms. The van der Waals surface area contributed by atoms with Gasteiger partial charge in [0.15, 0.2) is 0 Å². The summed E-state index contributed by atoms with van der Waals surface area (Å²) in [6, 6.07) is 20.3. The number of ether oxygens (including phenoxy) is 1. The van der Waals surface area contributed by atoms with Crippen LogP contribution in [0.5, 0.6) is 5.88 Å². The average molecular weight is 349 g/mol. The summed E-state index contributed by atoms with van der Waals surface area (Å²) in [7, 11) is 0. The van der Waals surface area contributed by atoms with E-state index in [1.54, 1.807) is 0 Å². The van der Waals surface area contributed by atoms with Crippen LogP contribution in [0.15, 0.2) is 66.7 Å². The lowest BCUT2D eigenvalue weighted by Crippen LogP contribution is -2.03. The Balaban J connectivity index is 1.80. The lowest BCUT2D eigenvalue weighted by atomic mass is 10.1. The van der Waals surface area contributed by atoms with Gasteiger partial charge in [-0.05, 0) is 29.7 Å². The van der Waals surface area contributed by atoms with Gasteiger partial charge in [0.2, 0.25) is 11.7 Å². The molecule has 0 saturated carbocycles. The second-order valence-electron chi connectivity index (χ2n) is 5.72. The summed E-state index contributed by atoms with van der Waals surface area (Å²) >= 11 is 0. The SMILES string of the molecule is CCc1ccc(Nc2nc(OCc3ccccc3)ccc2[N+](=O)[O-])cc1. The molecule has 0 aliphatic rings. The molecule has 0 bridgehead atoms. The molecular weight excluding hydrogens is 330 g/mol. The van der Waals surface area contributed by atoms with Gasteiger partial charge in [-0.3, -0.25) is 10.1 Å². The zero-order valence-electron chi connectivity index (χ0n) is 14.4. The number of nitrogens with one attached hydrogen (secondary N) is 1. The summed E-state index contributed by atoms with van der Waals surface area (Å²) in [5, 5.41) is 14.3. The third kappa shape index (κ3) is 4.36. The van der Waals surface area contributed by atoms with E-state index in [0.717, 1.165) is 17.7 Å². The molecule has 1 N–H and O–H groups in total. The molecule has 0 atom stereocenters. The number of hydrogen-bond acceptors (Lipinski definition) is 5. The van der Waals surface area contributed by atoms with E-state index in [-0.39, 0.29) is 11.5 Å². The van der Waals surface area contributed by atoms with Gasteiger partial charge in [0.25, 0.3) is 0 Å². The van der Waals surface area contributed by atoms with Crippen molar-refractivity contribution in [2.45, 2.75) is 20.0 Å². The molecule has 0 amide bonds. The fraction of sp³-hybridized carbons (Fsp3) is 0.150. The number of hydrogen-bond donors (Lipinski definition) is 1. The Kier molecular flexibility index (Phi) is 5.43. The van der Waals surface area contributed by atoms with Gasteiger partial charge >= 0.3 is 5.69 Å². The Bertz CT molecular complexity index is 881. The number of rotatable bonds is 7. The van der Waals surface area contributed by atoms with Crippen LogP contribution < -0.4 is 10.1 Å². The summed E-state index contributed by atoms with van der Waals surface area (Å²) < 4.78 is 5.67. The first-order valence-corrected chi connectivity index (χ1v) is 8.34. The second-order valence-corrected chi connectivity index (χ2v) is 5.72.